The van der Waals surface area contributed by atoms with Gasteiger partial charge in [0.25, 0.3) is 17.7 Å². The number of unbranched alkanes of at least 4 members (excludes halogenated alkanes) is 5. The Morgan fingerprint density at radius 1 is 0.889 bits per heavy atom. The number of hydrogen-bond donors (Lipinski definition) is 3. The number of hydrogen-bond acceptors (Lipinski definition) is 9. The van der Waals surface area contributed by atoms with Gasteiger partial charge >= 0.3 is 0 Å². The van der Waals surface area contributed by atoms with E-state index in [1.807, 2.05) is 13.0 Å². The van der Waals surface area contributed by atoms with Gasteiger partial charge in [-0.2, -0.15) is 0 Å². The number of carbonyl (C=O) groups excluding carboxylic acids is 6. The molecule has 0 spiro atoms. The molecule has 4 aromatic rings. The third kappa shape index (κ3) is 9.54. The lowest BCUT2D eigenvalue weighted by molar-refractivity contribution is -0.136. The molecule has 1 aliphatic carbocycles. The Balaban J connectivity index is 0.721. The number of imide groups is 2. The van der Waals surface area contributed by atoms with E-state index in [-0.39, 0.29) is 30.7 Å². The number of aryl methyl sites for hydroxylation is 4. The van der Waals surface area contributed by atoms with E-state index in [4.69, 9.17) is 14.5 Å². The van der Waals surface area contributed by atoms with Crippen LogP contribution in [0, 0.1) is 6.92 Å². The molecule has 4 aliphatic rings. The zero-order valence-corrected chi connectivity index (χ0v) is 36.2. The standard InChI is InChI=1S/C49H56N6O8/c1-30-40(62-2)27-34(46(58)52-37-20-19-31-17-18-33(26-36(31)37)38-29-54-24-10-15-42(54)51-38)28-41(30)63-25-11-23-50-43(56)16-8-6-4-3-5-7-12-32-13-9-14-35-45(32)49(61)55(48(35)60)39-21-22-44(57)53-47(39)59/h9,13-14,17-18,26-29,37,39H,3-8,10-12,15-16,19-25H2,1-2H3,(H,50,56)(H,52,58)(H,53,57,59)/t37-,39?/m1/s1. The molecular weight excluding hydrogens is 801 g/mol. The molecule has 2 atom stereocenters. The number of carbonyl (C=O) groups is 6. The summed E-state index contributed by atoms with van der Waals surface area (Å²) < 4.78 is 14.0. The maximum atomic E-state index is 13.7. The molecule has 1 aromatic heterocycles. The van der Waals surface area contributed by atoms with Crippen LogP contribution in [0.25, 0.3) is 11.3 Å². The molecule has 1 unspecified atom stereocenters. The molecule has 63 heavy (non-hydrogen) atoms. The van der Waals surface area contributed by atoms with Crippen LogP contribution >= 0.6 is 0 Å². The first-order valence-electron chi connectivity index (χ1n) is 22.5. The smallest absolute Gasteiger partial charge is 0.262 e. The van der Waals surface area contributed by atoms with Crippen LogP contribution in [0.3, 0.4) is 0 Å². The monoisotopic (exact) mass is 856 g/mol. The molecule has 3 aliphatic heterocycles. The second kappa shape index (κ2) is 19.4. The molecule has 330 valence electrons. The number of nitrogens with zero attached hydrogens (tertiary/aromatic N) is 3. The lowest BCUT2D eigenvalue weighted by Gasteiger charge is -2.27. The van der Waals surface area contributed by atoms with Gasteiger partial charge in [-0.15, -0.1) is 0 Å². The summed E-state index contributed by atoms with van der Waals surface area (Å²) in [6.07, 6.45) is 13.4. The molecule has 14 nitrogen and oxygen atoms in total. The third-order valence-electron chi connectivity index (χ3n) is 12.8. The quantitative estimate of drug-likeness (QED) is 0.0703. The highest BCUT2D eigenvalue weighted by molar-refractivity contribution is 6.24. The van der Waals surface area contributed by atoms with Gasteiger partial charge in [0.15, 0.2) is 0 Å². The normalized spacial score (nSPS) is 17.7. The van der Waals surface area contributed by atoms with Crippen LogP contribution in [-0.4, -0.2) is 76.2 Å². The molecule has 1 saturated heterocycles. The Hall–Kier alpha value is -6.31. The number of nitrogens with one attached hydrogen (secondary N) is 3. The molecule has 6 amide bonds. The number of rotatable bonds is 19. The van der Waals surface area contributed by atoms with Crippen molar-refractivity contribution in [3.05, 3.63) is 99.5 Å². The number of methoxy groups -OCH3 is 1. The highest BCUT2D eigenvalue weighted by Gasteiger charge is 2.45. The summed E-state index contributed by atoms with van der Waals surface area (Å²) in [5.41, 5.74) is 7.16. The summed E-state index contributed by atoms with van der Waals surface area (Å²) in [5, 5.41) is 8.48. The van der Waals surface area contributed by atoms with Crippen molar-refractivity contribution in [2.75, 3.05) is 20.3 Å². The van der Waals surface area contributed by atoms with Crippen molar-refractivity contribution < 1.29 is 38.2 Å². The predicted octanol–water partition coefficient (Wildman–Crippen LogP) is 6.49. The minimum atomic E-state index is -0.976. The number of fused-ring (bicyclic) bond motifs is 3. The zero-order valence-electron chi connectivity index (χ0n) is 36.2. The number of aromatic nitrogens is 2. The van der Waals surface area contributed by atoms with E-state index in [0.29, 0.717) is 60.6 Å². The summed E-state index contributed by atoms with van der Waals surface area (Å²) >= 11 is 0. The Bertz CT molecular complexity index is 2420. The summed E-state index contributed by atoms with van der Waals surface area (Å²) in [7, 11) is 1.58. The first-order valence-corrected chi connectivity index (χ1v) is 22.5. The highest BCUT2D eigenvalue weighted by atomic mass is 16.5. The number of benzene rings is 3. The first-order chi connectivity index (χ1) is 30.6. The summed E-state index contributed by atoms with van der Waals surface area (Å²) in [4.78, 5) is 82.6. The minimum absolute atomic E-state index is 0.00390. The van der Waals surface area contributed by atoms with Gasteiger partial charge in [-0.3, -0.25) is 39.0 Å². The third-order valence-corrected chi connectivity index (χ3v) is 12.8. The lowest BCUT2D eigenvalue weighted by Crippen LogP contribution is -2.54. The van der Waals surface area contributed by atoms with Crippen molar-refractivity contribution in [2.45, 2.75) is 122 Å². The van der Waals surface area contributed by atoms with Crippen molar-refractivity contribution in [3.8, 4) is 22.8 Å². The Morgan fingerprint density at radius 2 is 1.70 bits per heavy atom. The summed E-state index contributed by atoms with van der Waals surface area (Å²) in [6, 6.07) is 14.1. The van der Waals surface area contributed by atoms with Crippen LogP contribution in [0.4, 0.5) is 0 Å². The van der Waals surface area contributed by atoms with Crippen molar-refractivity contribution >= 4 is 35.4 Å². The predicted molar refractivity (Wildman–Crippen MR) is 235 cm³/mol. The molecule has 4 heterocycles. The van der Waals surface area contributed by atoms with Gasteiger partial charge in [0.1, 0.15) is 23.4 Å². The molecule has 1 fully saturated rings. The highest BCUT2D eigenvalue weighted by Crippen LogP contribution is 2.36. The van der Waals surface area contributed by atoms with Crippen molar-refractivity contribution in [2.24, 2.45) is 0 Å². The molecule has 0 radical (unpaired) electrons. The van der Waals surface area contributed by atoms with Crippen LogP contribution in [0.1, 0.15) is 142 Å². The SMILES string of the molecule is COc1cc(C(=O)N[C@@H]2CCc3ccc(-c4cn5c(n4)CCC5)cc32)cc(OCCCNC(=O)CCCCCCCCc2cccc3c2C(=O)N(C2CCC(=O)NC2=O)C3=O)c1C. The van der Waals surface area contributed by atoms with Gasteiger partial charge < -0.3 is 24.7 Å². The largest absolute Gasteiger partial charge is 0.496 e. The number of piperidine rings is 1. The second-order valence-electron chi connectivity index (χ2n) is 17.1. The molecule has 14 heteroatoms. The van der Waals surface area contributed by atoms with Crippen LogP contribution in [0.5, 0.6) is 11.5 Å². The molecule has 3 N–H and O–H groups in total. The first kappa shape index (κ1) is 43.3. The minimum Gasteiger partial charge on any atom is -0.496 e. The zero-order chi connectivity index (χ0) is 44.0. The van der Waals surface area contributed by atoms with Crippen molar-refractivity contribution in [1.29, 1.82) is 0 Å². The number of amides is 6. The van der Waals surface area contributed by atoms with Gasteiger partial charge in [0.05, 0.1) is 36.6 Å². The molecule has 8 rings (SSSR count). The fourth-order valence-corrected chi connectivity index (χ4v) is 9.37. The van der Waals surface area contributed by atoms with Gasteiger partial charge in [-0.25, -0.2) is 4.98 Å². The van der Waals surface area contributed by atoms with Crippen LogP contribution in [-0.2, 0) is 40.2 Å². The van der Waals surface area contributed by atoms with E-state index in [9.17, 15) is 28.8 Å². The van der Waals surface area contributed by atoms with Crippen molar-refractivity contribution in [1.82, 2.24) is 30.4 Å². The second-order valence-corrected chi connectivity index (χ2v) is 17.1. The van der Waals surface area contributed by atoms with E-state index in [0.717, 1.165) is 109 Å². The summed E-state index contributed by atoms with van der Waals surface area (Å²) in [5.74, 6) is 0.119. The maximum Gasteiger partial charge on any atom is 0.262 e. The average molecular weight is 857 g/mol. The lowest BCUT2D eigenvalue weighted by atomic mass is 9.97. The Morgan fingerprint density at radius 3 is 2.51 bits per heavy atom. The topological polar surface area (TPSA) is 178 Å². The van der Waals surface area contributed by atoms with Crippen molar-refractivity contribution in [3.63, 3.8) is 0 Å². The van der Waals surface area contributed by atoms with E-state index in [1.165, 1.54) is 5.56 Å². The maximum absolute atomic E-state index is 13.7. The van der Waals surface area contributed by atoms with Gasteiger partial charge in [-0.05, 0) is 99.2 Å². The molecule has 3 aromatic carbocycles. The Kier molecular flexibility index (Phi) is 13.3. The van der Waals surface area contributed by atoms with E-state index in [1.54, 1.807) is 31.4 Å². The van der Waals surface area contributed by atoms with E-state index in [2.05, 4.69) is 44.9 Å². The van der Waals surface area contributed by atoms with Crippen LogP contribution < -0.4 is 25.4 Å². The van der Waals surface area contributed by atoms with Gasteiger partial charge in [-0.1, -0.05) is 49.9 Å². The Labute approximate surface area is 367 Å². The van der Waals surface area contributed by atoms with Crippen LogP contribution in [0.2, 0.25) is 0 Å². The summed E-state index contributed by atoms with van der Waals surface area (Å²) in [6.45, 7) is 3.75. The molecule has 0 bridgehead atoms. The van der Waals surface area contributed by atoms with Gasteiger partial charge in [0.2, 0.25) is 17.7 Å². The number of imidazole rings is 1. The molecular formula is C49H56N6O8. The van der Waals surface area contributed by atoms with E-state index < -0.39 is 29.7 Å². The molecule has 0 saturated carbocycles. The van der Waals surface area contributed by atoms with Gasteiger partial charge in [0, 0.05) is 55.2 Å². The fourth-order valence-electron chi connectivity index (χ4n) is 9.37. The van der Waals surface area contributed by atoms with E-state index >= 15 is 0 Å². The average Bonchev–Trinajstić information content (AvgIpc) is 4.05. The number of ether oxygens (including phenoxy) is 2. The fraction of sp³-hybridized carbons (Fsp3) is 0.449. The van der Waals surface area contributed by atoms with Crippen LogP contribution in [0.15, 0.2) is 54.7 Å².